The fourth-order valence-corrected chi connectivity index (χ4v) is 1.45. The quantitative estimate of drug-likeness (QED) is 0.729. The molecule has 0 atom stereocenters. The summed E-state index contributed by atoms with van der Waals surface area (Å²) in [5.41, 5.74) is 0.696. The second-order valence-electron chi connectivity index (χ2n) is 3.48. The summed E-state index contributed by atoms with van der Waals surface area (Å²) in [6, 6.07) is 3.27. The second-order valence-corrected chi connectivity index (χ2v) is 3.48. The van der Waals surface area contributed by atoms with Crippen LogP contribution in [-0.4, -0.2) is 15.1 Å². The van der Waals surface area contributed by atoms with Crippen molar-refractivity contribution in [3.8, 4) is 41.8 Å². The molecule has 0 aliphatic carbocycles. The maximum absolute atomic E-state index is 11.6. The second kappa shape index (κ2) is 4.48. The number of nitrogens with zero attached hydrogens (tertiary/aromatic N) is 1. The van der Waals surface area contributed by atoms with Crippen LogP contribution in [0.5, 0.6) is 5.75 Å². The molecule has 0 bridgehead atoms. The van der Waals surface area contributed by atoms with Crippen LogP contribution in [0.1, 0.15) is 11.1 Å². The molecule has 86 valence electrons. The lowest BCUT2D eigenvalue weighted by Crippen LogP contribution is -2.08. The van der Waals surface area contributed by atoms with Crippen LogP contribution in [-0.2, 0) is 0 Å². The van der Waals surface area contributed by atoms with E-state index >= 15 is 0 Å². The number of H-pyrrole nitrogens is 1. The van der Waals surface area contributed by atoms with E-state index in [9.17, 15) is 9.90 Å². The smallest absolute Gasteiger partial charge is 0.239 e. The zero-order valence-corrected chi connectivity index (χ0v) is 9.27. The Balaban J connectivity index is 2.59. The Hall–Kier alpha value is -2.98. The van der Waals surface area contributed by atoms with E-state index in [1.54, 1.807) is 12.1 Å². The van der Waals surface area contributed by atoms with E-state index in [-0.39, 0.29) is 11.3 Å². The third-order valence-electron chi connectivity index (χ3n) is 2.40. The first-order valence-electron chi connectivity index (χ1n) is 5.01. The van der Waals surface area contributed by atoms with Gasteiger partial charge in [0.25, 0.3) is 0 Å². The van der Waals surface area contributed by atoms with Crippen molar-refractivity contribution in [3.05, 3.63) is 45.9 Å². The van der Waals surface area contributed by atoms with Crippen LogP contribution in [0.3, 0.4) is 0 Å². The molecule has 0 aliphatic rings. The molecule has 0 amide bonds. The van der Waals surface area contributed by atoms with Gasteiger partial charge in [-0.25, -0.2) is 0 Å². The van der Waals surface area contributed by atoms with Crippen molar-refractivity contribution in [2.75, 3.05) is 0 Å². The minimum Gasteiger partial charge on any atom is -0.503 e. The average molecular weight is 236 g/mol. The van der Waals surface area contributed by atoms with Gasteiger partial charge in [-0.15, -0.1) is 12.8 Å². The maximum Gasteiger partial charge on any atom is 0.239 e. The summed E-state index contributed by atoms with van der Waals surface area (Å²) in [6.07, 6.45) is 13.2. The monoisotopic (exact) mass is 236 g/mol. The fourth-order valence-electron chi connectivity index (χ4n) is 1.45. The van der Waals surface area contributed by atoms with Gasteiger partial charge in [0.1, 0.15) is 5.69 Å². The molecule has 18 heavy (non-hydrogen) atoms. The van der Waals surface area contributed by atoms with Crippen molar-refractivity contribution < 1.29 is 5.11 Å². The Labute approximate surface area is 103 Å². The number of hydrogen-bond acceptors (Lipinski definition) is 3. The topological polar surface area (TPSA) is 66.0 Å². The van der Waals surface area contributed by atoms with Crippen LogP contribution in [0.2, 0.25) is 0 Å². The first-order valence-corrected chi connectivity index (χ1v) is 5.01. The molecule has 0 spiro atoms. The summed E-state index contributed by atoms with van der Waals surface area (Å²) in [5.74, 6) is 4.16. The molecule has 0 unspecified atom stereocenters. The number of terminal acetylenes is 2. The minimum atomic E-state index is -0.603. The third-order valence-corrected chi connectivity index (χ3v) is 2.40. The summed E-state index contributed by atoms with van der Waals surface area (Å²) in [6.45, 7) is 0. The van der Waals surface area contributed by atoms with E-state index in [1.165, 1.54) is 12.4 Å². The zero-order valence-electron chi connectivity index (χ0n) is 9.27. The van der Waals surface area contributed by atoms with E-state index in [0.29, 0.717) is 11.3 Å². The SMILES string of the molecule is C#Cc1ccc(-c2[nH]cc(C#C)c(=O)c2O)nc1. The molecular weight excluding hydrogens is 228 g/mol. The Morgan fingerprint density at radius 3 is 2.61 bits per heavy atom. The number of rotatable bonds is 1. The highest BCUT2D eigenvalue weighted by Gasteiger charge is 2.11. The molecular formula is C14H8N2O2. The van der Waals surface area contributed by atoms with Gasteiger partial charge >= 0.3 is 0 Å². The van der Waals surface area contributed by atoms with Gasteiger partial charge in [-0.05, 0) is 12.1 Å². The number of aromatic hydroxyl groups is 1. The van der Waals surface area contributed by atoms with E-state index in [0.717, 1.165) is 0 Å². The number of nitrogens with one attached hydrogen (secondary N) is 1. The van der Waals surface area contributed by atoms with E-state index in [1.807, 2.05) is 0 Å². The number of hydrogen-bond donors (Lipinski definition) is 2. The van der Waals surface area contributed by atoms with Gasteiger partial charge in [0.05, 0.1) is 11.3 Å². The zero-order chi connectivity index (χ0) is 13.1. The van der Waals surface area contributed by atoms with Gasteiger partial charge in [-0.3, -0.25) is 9.78 Å². The van der Waals surface area contributed by atoms with E-state index < -0.39 is 11.2 Å². The summed E-state index contributed by atoms with van der Waals surface area (Å²) in [7, 11) is 0. The maximum atomic E-state index is 11.6. The van der Waals surface area contributed by atoms with Crippen molar-refractivity contribution in [2.45, 2.75) is 0 Å². The van der Waals surface area contributed by atoms with Crippen LogP contribution in [0.25, 0.3) is 11.4 Å². The van der Waals surface area contributed by atoms with Crippen LogP contribution in [0.4, 0.5) is 0 Å². The lowest BCUT2D eigenvalue weighted by Gasteiger charge is -2.04. The Kier molecular flexibility index (Phi) is 2.87. The van der Waals surface area contributed by atoms with Crippen molar-refractivity contribution in [2.24, 2.45) is 0 Å². The summed E-state index contributed by atoms with van der Waals surface area (Å²) in [5, 5.41) is 9.77. The molecule has 0 saturated carbocycles. The Morgan fingerprint density at radius 1 is 1.28 bits per heavy atom. The van der Waals surface area contributed by atoms with Crippen LogP contribution in [0, 0.1) is 24.7 Å². The standard InChI is InChI=1S/C14H8N2O2/c1-3-9-5-6-11(15-7-9)12-14(18)13(17)10(4-2)8-16-12/h1-2,5-8,18H,(H,16,17). The van der Waals surface area contributed by atoms with Crippen LogP contribution >= 0.6 is 0 Å². The predicted octanol–water partition coefficient (Wildman–Crippen LogP) is 1.11. The lowest BCUT2D eigenvalue weighted by atomic mass is 10.1. The highest BCUT2D eigenvalue weighted by Crippen LogP contribution is 2.21. The summed E-state index contributed by atoms with van der Waals surface area (Å²) < 4.78 is 0. The highest BCUT2D eigenvalue weighted by molar-refractivity contribution is 5.63. The molecule has 2 heterocycles. The molecule has 4 heteroatoms. The Bertz CT molecular complexity index is 728. The van der Waals surface area contributed by atoms with Gasteiger partial charge in [-0.1, -0.05) is 11.8 Å². The van der Waals surface area contributed by atoms with Gasteiger partial charge < -0.3 is 10.1 Å². The number of aromatic nitrogens is 2. The van der Waals surface area contributed by atoms with Gasteiger partial charge in [0.2, 0.25) is 5.43 Å². The molecule has 2 rings (SSSR count). The van der Waals surface area contributed by atoms with E-state index in [2.05, 4.69) is 21.8 Å². The molecule has 2 aromatic rings. The molecule has 0 fully saturated rings. The molecule has 0 aromatic carbocycles. The van der Waals surface area contributed by atoms with Crippen molar-refractivity contribution >= 4 is 0 Å². The fraction of sp³-hybridized carbons (Fsp3) is 0. The van der Waals surface area contributed by atoms with Crippen molar-refractivity contribution in [3.63, 3.8) is 0 Å². The van der Waals surface area contributed by atoms with E-state index in [4.69, 9.17) is 12.8 Å². The molecule has 0 aliphatic heterocycles. The Morgan fingerprint density at radius 2 is 2.06 bits per heavy atom. The minimum absolute atomic E-state index is 0.0662. The molecule has 4 nitrogen and oxygen atoms in total. The van der Waals surface area contributed by atoms with Gasteiger partial charge in [0.15, 0.2) is 5.75 Å². The number of aromatic amines is 1. The molecule has 2 N–H and O–H groups in total. The van der Waals surface area contributed by atoms with Crippen molar-refractivity contribution in [1.29, 1.82) is 0 Å². The first-order chi connectivity index (χ1) is 8.67. The summed E-state index contributed by atoms with van der Waals surface area (Å²) >= 11 is 0. The molecule has 2 aromatic heterocycles. The normalized spacial score (nSPS) is 9.44. The molecule has 0 saturated heterocycles. The van der Waals surface area contributed by atoms with Gasteiger partial charge in [-0.2, -0.15) is 0 Å². The predicted molar refractivity (Wildman–Crippen MR) is 67.8 cm³/mol. The molecule has 0 radical (unpaired) electrons. The lowest BCUT2D eigenvalue weighted by molar-refractivity contribution is 0.469. The van der Waals surface area contributed by atoms with Gasteiger partial charge in [0, 0.05) is 18.0 Å². The highest BCUT2D eigenvalue weighted by atomic mass is 16.3. The summed E-state index contributed by atoms with van der Waals surface area (Å²) in [4.78, 5) is 18.4. The average Bonchev–Trinajstić information content (AvgIpc) is 2.42. The van der Waals surface area contributed by atoms with Crippen LogP contribution in [0.15, 0.2) is 29.3 Å². The van der Waals surface area contributed by atoms with Crippen LogP contribution < -0.4 is 5.43 Å². The first kappa shape index (κ1) is 11.5. The largest absolute Gasteiger partial charge is 0.503 e. The van der Waals surface area contributed by atoms with Crippen molar-refractivity contribution in [1.82, 2.24) is 9.97 Å². The number of pyridine rings is 2. The third kappa shape index (κ3) is 1.83.